The molecular formula is C26H24ClF3N3O4P. The number of halogens is 4. The zero-order valence-electron chi connectivity index (χ0n) is 20.3. The minimum Gasteiger partial charge on any atom is -0.394 e. The Morgan fingerprint density at radius 1 is 1.08 bits per heavy atom. The molecule has 1 aliphatic heterocycles. The molecule has 0 bridgehead atoms. The van der Waals surface area contributed by atoms with Crippen LogP contribution in [0.15, 0.2) is 54.6 Å². The van der Waals surface area contributed by atoms with Gasteiger partial charge in [0.15, 0.2) is 11.6 Å². The first-order chi connectivity index (χ1) is 17.9. The van der Waals surface area contributed by atoms with Crippen LogP contribution in [-0.2, 0) is 9.36 Å². The number of aliphatic hydroxyl groups is 1. The van der Waals surface area contributed by atoms with Crippen LogP contribution in [0.2, 0.25) is 5.02 Å². The number of hydrogen-bond acceptors (Lipinski definition) is 4. The van der Waals surface area contributed by atoms with Crippen LogP contribution >= 0.6 is 18.7 Å². The summed E-state index contributed by atoms with van der Waals surface area (Å²) in [7, 11) is -2.83. The molecule has 3 aromatic rings. The van der Waals surface area contributed by atoms with E-state index in [1.54, 1.807) is 18.2 Å². The normalized spacial score (nSPS) is 17.6. The maximum absolute atomic E-state index is 15.4. The molecule has 12 heteroatoms. The molecule has 0 aliphatic carbocycles. The average Bonchev–Trinajstić information content (AvgIpc) is 3.16. The second-order valence-corrected chi connectivity index (χ2v) is 12.8. The molecule has 1 heterocycles. The van der Waals surface area contributed by atoms with Gasteiger partial charge in [0.2, 0.25) is 5.91 Å². The number of aliphatic hydroxyl groups excluding tert-OH is 1. The molecule has 0 aromatic heterocycles. The number of nitrogens with zero attached hydrogens (tertiary/aromatic N) is 1. The Bertz CT molecular complexity index is 1470. The molecule has 4 rings (SSSR count). The number of amides is 3. The van der Waals surface area contributed by atoms with Crippen LogP contribution in [0.3, 0.4) is 0 Å². The van der Waals surface area contributed by atoms with Crippen LogP contribution in [0.5, 0.6) is 0 Å². The first-order valence-electron chi connectivity index (χ1n) is 11.5. The van der Waals surface area contributed by atoms with E-state index < -0.39 is 60.9 Å². The van der Waals surface area contributed by atoms with Crippen LogP contribution in [0.4, 0.5) is 29.3 Å². The molecule has 0 unspecified atom stereocenters. The molecule has 38 heavy (non-hydrogen) atoms. The largest absolute Gasteiger partial charge is 0.394 e. The summed E-state index contributed by atoms with van der Waals surface area (Å²) >= 11 is 5.70. The second kappa shape index (κ2) is 10.8. The highest BCUT2D eigenvalue weighted by Crippen LogP contribution is 2.41. The van der Waals surface area contributed by atoms with Gasteiger partial charge in [0.25, 0.3) is 0 Å². The third-order valence-electron chi connectivity index (χ3n) is 6.20. The number of rotatable bonds is 6. The van der Waals surface area contributed by atoms with Gasteiger partial charge in [-0.25, -0.2) is 18.0 Å². The fraction of sp³-hybridized carbons (Fsp3) is 0.231. The Kier molecular flexibility index (Phi) is 7.88. The number of hydrogen-bond donors (Lipinski definition) is 3. The first kappa shape index (κ1) is 27.7. The van der Waals surface area contributed by atoms with Gasteiger partial charge in [-0.15, -0.1) is 0 Å². The quantitative estimate of drug-likeness (QED) is 0.368. The van der Waals surface area contributed by atoms with Gasteiger partial charge >= 0.3 is 6.03 Å². The van der Waals surface area contributed by atoms with E-state index in [0.717, 1.165) is 11.0 Å². The second-order valence-electron chi connectivity index (χ2n) is 9.18. The van der Waals surface area contributed by atoms with E-state index in [-0.39, 0.29) is 28.3 Å². The van der Waals surface area contributed by atoms with Crippen molar-refractivity contribution in [2.24, 2.45) is 0 Å². The molecule has 0 radical (unpaired) electrons. The average molecular weight is 566 g/mol. The summed E-state index contributed by atoms with van der Waals surface area (Å²) in [6.45, 7) is 2.46. The lowest BCUT2D eigenvalue weighted by molar-refractivity contribution is -0.118. The van der Waals surface area contributed by atoms with Crippen molar-refractivity contribution in [3.63, 3.8) is 0 Å². The molecule has 1 aliphatic rings. The Balaban J connectivity index is 1.60. The number of urea groups is 1. The summed E-state index contributed by atoms with van der Waals surface area (Å²) in [4.78, 5) is 26.4. The number of carbonyl (C=O) groups excluding carboxylic acids is 2. The molecular weight excluding hydrogens is 542 g/mol. The molecule has 0 spiro atoms. The van der Waals surface area contributed by atoms with Crippen LogP contribution in [0, 0.1) is 17.5 Å². The van der Waals surface area contributed by atoms with Crippen molar-refractivity contribution in [1.82, 2.24) is 5.32 Å². The van der Waals surface area contributed by atoms with Crippen LogP contribution in [0.25, 0.3) is 11.1 Å². The number of anilines is 2. The zero-order valence-corrected chi connectivity index (χ0v) is 22.0. The summed E-state index contributed by atoms with van der Waals surface area (Å²) in [5.41, 5.74) is -0.462. The lowest BCUT2D eigenvalue weighted by Gasteiger charge is -2.24. The maximum atomic E-state index is 15.4. The van der Waals surface area contributed by atoms with E-state index in [1.807, 2.05) is 0 Å². The topological polar surface area (TPSA) is 98.7 Å². The van der Waals surface area contributed by atoms with E-state index in [0.29, 0.717) is 5.30 Å². The molecule has 2 atom stereocenters. The highest BCUT2D eigenvalue weighted by molar-refractivity contribution is 7.70. The number of carbonyl (C=O) groups is 2. The van der Waals surface area contributed by atoms with E-state index >= 15 is 8.78 Å². The lowest BCUT2D eigenvalue weighted by Crippen LogP contribution is -2.44. The van der Waals surface area contributed by atoms with Crippen molar-refractivity contribution in [3.8, 4) is 11.1 Å². The van der Waals surface area contributed by atoms with E-state index in [2.05, 4.69) is 10.6 Å². The molecule has 0 saturated carbocycles. The van der Waals surface area contributed by atoms with Crippen molar-refractivity contribution in [3.05, 3.63) is 77.1 Å². The van der Waals surface area contributed by atoms with Gasteiger partial charge in [0, 0.05) is 15.9 Å². The van der Waals surface area contributed by atoms with Crippen molar-refractivity contribution < 1.29 is 32.4 Å². The van der Waals surface area contributed by atoms with Crippen molar-refractivity contribution in [2.75, 3.05) is 30.2 Å². The van der Waals surface area contributed by atoms with Gasteiger partial charge in [-0.05, 0) is 55.6 Å². The zero-order chi connectivity index (χ0) is 27.8. The minimum atomic E-state index is -2.83. The number of benzene rings is 3. The molecule has 7 nitrogen and oxygen atoms in total. The van der Waals surface area contributed by atoms with Crippen LogP contribution in [-0.4, -0.2) is 49.1 Å². The van der Waals surface area contributed by atoms with Crippen LogP contribution < -0.4 is 20.8 Å². The SMILES string of the molecule is CP(C)(=O)c1ccccc1-c1ccc(N2C(=O)[C@H](NC(=O)Nc3ccc(Cl)cc3F)C[C@H]2CO)c(F)c1F. The summed E-state index contributed by atoms with van der Waals surface area (Å²) in [5.74, 6) is -4.16. The van der Waals surface area contributed by atoms with Gasteiger partial charge in [-0.1, -0.05) is 35.9 Å². The Hall–Kier alpha value is -3.33. The van der Waals surface area contributed by atoms with E-state index in [4.69, 9.17) is 11.6 Å². The molecule has 1 saturated heterocycles. The smallest absolute Gasteiger partial charge is 0.319 e. The summed E-state index contributed by atoms with van der Waals surface area (Å²) < 4.78 is 57.5. The van der Waals surface area contributed by atoms with Gasteiger partial charge < -0.3 is 25.2 Å². The van der Waals surface area contributed by atoms with Crippen molar-refractivity contribution in [1.29, 1.82) is 0 Å². The summed E-state index contributed by atoms with van der Waals surface area (Å²) in [5, 5.41) is 15.0. The van der Waals surface area contributed by atoms with Gasteiger partial charge in [0.05, 0.1) is 24.0 Å². The van der Waals surface area contributed by atoms with E-state index in [1.165, 1.54) is 43.7 Å². The van der Waals surface area contributed by atoms with Gasteiger partial charge in [-0.3, -0.25) is 4.79 Å². The molecule has 3 aromatic carbocycles. The maximum Gasteiger partial charge on any atom is 0.319 e. The molecule has 200 valence electrons. The van der Waals surface area contributed by atoms with Crippen molar-refractivity contribution >= 4 is 47.4 Å². The predicted molar refractivity (Wildman–Crippen MR) is 141 cm³/mol. The fourth-order valence-electron chi connectivity index (χ4n) is 4.43. The fourth-order valence-corrected chi connectivity index (χ4v) is 5.81. The highest BCUT2D eigenvalue weighted by Gasteiger charge is 2.42. The summed E-state index contributed by atoms with van der Waals surface area (Å²) in [6.07, 6.45) is -0.105. The van der Waals surface area contributed by atoms with Crippen molar-refractivity contribution in [2.45, 2.75) is 18.5 Å². The Morgan fingerprint density at radius 3 is 2.45 bits per heavy atom. The molecule has 1 fully saturated rings. The lowest BCUT2D eigenvalue weighted by atomic mass is 10.0. The summed E-state index contributed by atoms with van der Waals surface area (Å²) in [6, 6.07) is 9.41. The molecule has 3 N–H and O–H groups in total. The Labute approximate surface area is 222 Å². The Morgan fingerprint density at radius 2 is 1.79 bits per heavy atom. The third-order valence-corrected chi connectivity index (χ3v) is 7.99. The highest BCUT2D eigenvalue weighted by atomic mass is 35.5. The third kappa shape index (κ3) is 5.43. The van der Waals surface area contributed by atoms with Gasteiger partial charge in [-0.2, -0.15) is 0 Å². The monoisotopic (exact) mass is 565 g/mol. The predicted octanol–water partition coefficient (Wildman–Crippen LogP) is 4.96. The first-order valence-corrected chi connectivity index (χ1v) is 14.5. The minimum absolute atomic E-state index is 0.105. The standard InChI is InChI=1S/C26H24ClF3N3O4P/c1-38(2,37)22-6-4-3-5-16(22)17-8-10-21(24(30)23(17)29)33-15(13-34)12-20(25(33)35)32-26(36)31-19-9-7-14(27)11-18(19)28/h3-11,15,20,34H,12-13H2,1-2H3,(H2,31,32,36)/t15-,20+/m0/s1. The van der Waals surface area contributed by atoms with E-state index in [9.17, 15) is 23.7 Å². The van der Waals surface area contributed by atoms with Crippen LogP contribution in [0.1, 0.15) is 6.42 Å². The van der Waals surface area contributed by atoms with Gasteiger partial charge in [0.1, 0.15) is 19.0 Å². The molecule has 3 amide bonds. The number of nitrogens with one attached hydrogen (secondary N) is 2.